The molecule has 0 saturated carbocycles. The maximum atomic E-state index is 4.34. The molecule has 2 nitrogen and oxygen atoms in total. The van der Waals surface area contributed by atoms with Gasteiger partial charge in [0.25, 0.3) is 0 Å². The number of nitrogens with zero attached hydrogens (tertiary/aromatic N) is 1. The van der Waals surface area contributed by atoms with Crippen molar-refractivity contribution in [3.05, 3.63) is 41.7 Å². The molecule has 1 N–H and O–H groups in total. The first kappa shape index (κ1) is 9.41. The first-order valence-corrected chi connectivity index (χ1v) is 5.04. The fourth-order valence-corrected chi connectivity index (χ4v) is 2.03. The standard InChI is InChI=1S/C12H16N2/c1-10-11(6-5-8-13-10)12(2)7-3-4-9-14-12/h3-6,8,14H,7,9H2,1-2H3. The summed E-state index contributed by atoms with van der Waals surface area (Å²) in [5, 5.41) is 3.53. The number of rotatable bonds is 1. The first-order chi connectivity index (χ1) is 6.72. The molecule has 2 heteroatoms. The summed E-state index contributed by atoms with van der Waals surface area (Å²) in [5.41, 5.74) is 2.50. The largest absolute Gasteiger partial charge is 0.304 e. The minimum atomic E-state index is 0.0626. The zero-order chi connectivity index (χ0) is 10.0. The summed E-state index contributed by atoms with van der Waals surface area (Å²) in [5.74, 6) is 0. The Hall–Kier alpha value is -1.15. The Bertz CT molecular complexity index is 357. The number of pyridine rings is 1. The molecule has 0 aromatic carbocycles. The van der Waals surface area contributed by atoms with Gasteiger partial charge in [0.05, 0.1) is 0 Å². The molecule has 14 heavy (non-hydrogen) atoms. The van der Waals surface area contributed by atoms with E-state index >= 15 is 0 Å². The molecule has 0 fully saturated rings. The van der Waals surface area contributed by atoms with Crippen LogP contribution in [0.2, 0.25) is 0 Å². The van der Waals surface area contributed by atoms with Crippen LogP contribution in [0.5, 0.6) is 0 Å². The minimum Gasteiger partial charge on any atom is -0.304 e. The average Bonchev–Trinajstić information content (AvgIpc) is 2.19. The lowest BCUT2D eigenvalue weighted by Crippen LogP contribution is -2.41. The van der Waals surface area contributed by atoms with Crippen molar-refractivity contribution in [2.45, 2.75) is 25.8 Å². The summed E-state index contributed by atoms with van der Waals surface area (Å²) < 4.78 is 0. The Morgan fingerprint density at radius 2 is 2.29 bits per heavy atom. The second-order valence-corrected chi connectivity index (χ2v) is 4.02. The van der Waals surface area contributed by atoms with Crippen LogP contribution in [-0.2, 0) is 5.54 Å². The van der Waals surface area contributed by atoms with E-state index in [2.05, 4.69) is 42.4 Å². The number of aromatic nitrogens is 1. The van der Waals surface area contributed by atoms with E-state index in [1.807, 2.05) is 12.3 Å². The molecule has 0 aliphatic carbocycles. The van der Waals surface area contributed by atoms with Crippen molar-refractivity contribution < 1.29 is 0 Å². The van der Waals surface area contributed by atoms with Gasteiger partial charge >= 0.3 is 0 Å². The summed E-state index contributed by atoms with van der Waals surface area (Å²) in [6, 6.07) is 4.17. The summed E-state index contributed by atoms with van der Waals surface area (Å²) in [6.07, 6.45) is 7.30. The van der Waals surface area contributed by atoms with Gasteiger partial charge in [0, 0.05) is 24.0 Å². The van der Waals surface area contributed by atoms with Gasteiger partial charge in [-0.2, -0.15) is 0 Å². The first-order valence-electron chi connectivity index (χ1n) is 5.04. The van der Waals surface area contributed by atoms with Crippen molar-refractivity contribution in [2.75, 3.05) is 6.54 Å². The van der Waals surface area contributed by atoms with E-state index in [0.717, 1.165) is 18.7 Å². The fourth-order valence-electron chi connectivity index (χ4n) is 2.03. The van der Waals surface area contributed by atoms with Crippen molar-refractivity contribution in [1.29, 1.82) is 0 Å². The molecule has 0 bridgehead atoms. The van der Waals surface area contributed by atoms with E-state index < -0.39 is 0 Å². The van der Waals surface area contributed by atoms with Crippen molar-refractivity contribution in [3.63, 3.8) is 0 Å². The van der Waals surface area contributed by atoms with Crippen LogP contribution in [0.15, 0.2) is 30.5 Å². The van der Waals surface area contributed by atoms with Crippen molar-refractivity contribution in [3.8, 4) is 0 Å². The van der Waals surface area contributed by atoms with Crippen LogP contribution in [-0.4, -0.2) is 11.5 Å². The molecule has 1 aliphatic rings. The van der Waals surface area contributed by atoms with Crippen molar-refractivity contribution in [1.82, 2.24) is 10.3 Å². The smallest absolute Gasteiger partial charge is 0.0461 e. The lowest BCUT2D eigenvalue weighted by atomic mass is 9.86. The molecule has 0 spiro atoms. The third-order valence-electron chi connectivity index (χ3n) is 2.90. The molecule has 1 aromatic heterocycles. The summed E-state index contributed by atoms with van der Waals surface area (Å²) >= 11 is 0. The Morgan fingerprint density at radius 1 is 1.43 bits per heavy atom. The van der Waals surface area contributed by atoms with Gasteiger partial charge in [0.15, 0.2) is 0 Å². The summed E-state index contributed by atoms with van der Waals surface area (Å²) in [6.45, 7) is 5.26. The van der Waals surface area contributed by atoms with E-state index in [4.69, 9.17) is 0 Å². The van der Waals surface area contributed by atoms with Gasteiger partial charge in [-0.15, -0.1) is 0 Å². The molecule has 1 aromatic rings. The number of hydrogen-bond donors (Lipinski definition) is 1. The van der Waals surface area contributed by atoms with Gasteiger partial charge in [0.1, 0.15) is 0 Å². The molecule has 74 valence electrons. The van der Waals surface area contributed by atoms with Crippen LogP contribution in [0.4, 0.5) is 0 Å². The molecule has 1 aliphatic heterocycles. The highest BCUT2D eigenvalue weighted by Crippen LogP contribution is 2.28. The molecular weight excluding hydrogens is 172 g/mol. The Morgan fingerprint density at radius 3 is 2.93 bits per heavy atom. The highest BCUT2D eigenvalue weighted by atomic mass is 15.0. The third-order valence-corrected chi connectivity index (χ3v) is 2.90. The van der Waals surface area contributed by atoms with Gasteiger partial charge in [-0.25, -0.2) is 0 Å². The van der Waals surface area contributed by atoms with E-state index in [-0.39, 0.29) is 5.54 Å². The SMILES string of the molecule is Cc1ncccc1C1(C)CC=CCN1. The van der Waals surface area contributed by atoms with Crippen molar-refractivity contribution >= 4 is 0 Å². The van der Waals surface area contributed by atoms with E-state index in [1.165, 1.54) is 5.56 Å². The minimum absolute atomic E-state index is 0.0626. The molecule has 2 heterocycles. The molecule has 2 rings (SSSR count). The molecule has 0 radical (unpaired) electrons. The van der Waals surface area contributed by atoms with E-state index in [1.54, 1.807) is 0 Å². The van der Waals surface area contributed by atoms with Gasteiger partial charge in [-0.1, -0.05) is 18.2 Å². The lowest BCUT2D eigenvalue weighted by molar-refractivity contribution is 0.372. The average molecular weight is 188 g/mol. The highest BCUT2D eigenvalue weighted by molar-refractivity contribution is 5.29. The Kier molecular flexibility index (Phi) is 2.38. The van der Waals surface area contributed by atoms with Crippen LogP contribution in [0, 0.1) is 6.92 Å². The van der Waals surface area contributed by atoms with Crippen LogP contribution >= 0.6 is 0 Å². The van der Waals surface area contributed by atoms with Crippen LogP contribution in [0.3, 0.4) is 0 Å². The van der Waals surface area contributed by atoms with Gasteiger partial charge < -0.3 is 5.32 Å². The molecule has 0 saturated heterocycles. The van der Waals surface area contributed by atoms with Crippen LogP contribution < -0.4 is 5.32 Å². The van der Waals surface area contributed by atoms with Crippen molar-refractivity contribution in [2.24, 2.45) is 0 Å². The maximum absolute atomic E-state index is 4.34. The summed E-state index contributed by atoms with van der Waals surface area (Å²) in [7, 11) is 0. The van der Waals surface area contributed by atoms with E-state index in [0.29, 0.717) is 0 Å². The molecule has 0 amide bonds. The Labute approximate surface area is 85.1 Å². The molecule has 1 unspecified atom stereocenters. The quantitative estimate of drug-likeness (QED) is 0.683. The monoisotopic (exact) mass is 188 g/mol. The Balaban J connectivity index is 2.38. The number of aryl methyl sites for hydroxylation is 1. The van der Waals surface area contributed by atoms with Crippen LogP contribution in [0.25, 0.3) is 0 Å². The van der Waals surface area contributed by atoms with E-state index in [9.17, 15) is 0 Å². The second kappa shape index (κ2) is 3.54. The van der Waals surface area contributed by atoms with Gasteiger partial charge in [-0.05, 0) is 31.9 Å². The highest BCUT2D eigenvalue weighted by Gasteiger charge is 2.27. The lowest BCUT2D eigenvalue weighted by Gasteiger charge is -2.33. The second-order valence-electron chi connectivity index (χ2n) is 4.02. The maximum Gasteiger partial charge on any atom is 0.0461 e. The predicted octanol–water partition coefficient (Wildman–Crippen LogP) is 2.15. The normalized spacial score (nSPS) is 26.4. The van der Waals surface area contributed by atoms with Gasteiger partial charge in [-0.3, -0.25) is 4.98 Å². The molecule has 1 atom stereocenters. The van der Waals surface area contributed by atoms with Gasteiger partial charge in [0.2, 0.25) is 0 Å². The zero-order valence-electron chi connectivity index (χ0n) is 8.75. The number of nitrogens with one attached hydrogen (secondary N) is 1. The third kappa shape index (κ3) is 1.58. The zero-order valence-corrected chi connectivity index (χ0v) is 8.75. The fraction of sp³-hybridized carbons (Fsp3) is 0.417. The van der Waals surface area contributed by atoms with Crippen LogP contribution in [0.1, 0.15) is 24.6 Å². The number of hydrogen-bond acceptors (Lipinski definition) is 2. The summed E-state index contributed by atoms with van der Waals surface area (Å²) in [4.78, 5) is 4.34. The molecular formula is C12H16N2. The topological polar surface area (TPSA) is 24.9 Å². The predicted molar refractivity (Wildman–Crippen MR) is 58.1 cm³/mol.